The minimum Gasteiger partial charge on any atom is -0.462 e. The molecule has 0 saturated heterocycles. The van der Waals surface area contributed by atoms with Crippen LogP contribution in [-0.2, 0) is 20.3 Å². The van der Waals surface area contributed by atoms with Gasteiger partial charge in [0.2, 0.25) is 0 Å². The molecule has 0 unspecified atom stereocenters. The van der Waals surface area contributed by atoms with Crippen molar-refractivity contribution < 1.29 is 28.5 Å². The third-order valence-corrected chi connectivity index (χ3v) is 8.72. The van der Waals surface area contributed by atoms with Crippen LogP contribution < -0.4 is 20.9 Å². The first kappa shape index (κ1) is 35.2. The molecule has 1 aromatic heterocycles. The fourth-order valence-electron chi connectivity index (χ4n) is 5.15. The lowest BCUT2D eigenvalue weighted by molar-refractivity contribution is 0.0481. The van der Waals surface area contributed by atoms with E-state index in [1.165, 1.54) is 5.56 Å². The maximum absolute atomic E-state index is 13.1. The van der Waals surface area contributed by atoms with Crippen LogP contribution in [-0.4, -0.2) is 36.8 Å². The van der Waals surface area contributed by atoms with Crippen molar-refractivity contribution in [1.29, 1.82) is 0 Å². The van der Waals surface area contributed by atoms with Gasteiger partial charge < -0.3 is 30.4 Å². The molecule has 49 heavy (non-hydrogen) atoms. The average molecular weight is 683 g/mol. The van der Waals surface area contributed by atoms with Gasteiger partial charge in [-0.1, -0.05) is 77.1 Å². The van der Waals surface area contributed by atoms with E-state index < -0.39 is 11.9 Å². The second-order valence-corrected chi connectivity index (χ2v) is 14.5. The van der Waals surface area contributed by atoms with Crippen molar-refractivity contribution in [3.8, 4) is 23.0 Å². The summed E-state index contributed by atoms with van der Waals surface area (Å²) in [7, 11) is 0. The zero-order valence-corrected chi connectivity index (χ0v) is 29.9. The Hall–Kier alpha value is -5.16. The van der Waals surface area contributed by atoms with Crippen LogP contribution in [0.3, 0.4) is 0 Å². The monoisotopic (exact) mass is 682 g/mol. The predicted molar refractivity (Wildman–Crippen MR) is 194 cm³/mol. The van der Waals surface area contributed by atoms with Crippen LogP contribution in [0.2, 0.25) is 0 Å². The third-order valence-electron chi connectivity index (χ3n) is 7.81. The van der Waals surface area contributed by atoms with Crippen LogP contribution in [0.15, 0.2) is 70.6 Å². The molecular formula is C38H42N4O6S. The number of benzene rings is 3. The van der Waals surface area contributed by atoms with Crippen LogP contribution in [0.25, 0.3) is 0 Å². The van der Waals surface area contributed by atoms with E-state index in [-0.39, 0.29) is 56.8 Å². The van der Waals surface area contributed by atoms with Crippen LogP contribution in [0.1, 0.15) is 98.4 Å². The van der Waals surface area contributed by atoms with Crippen LogP contribution in [0.5, 0.6) is 23.0 Å². The lowest BCUT2D eigenvalue weighted by atomic mass is 9.87. The van der Waals surface area contributed by atoms with Gasteiger partial charge in [-0.25, -0.2) is 19.6 Å². The number of amidine groups is 2. The molecule has 4 N–H and O–H groups in total. The molecule has 4 aromatic rings. The Bertz CT molecular complexity index is 1950. The molecular weight excluding hydrogens is 641 g/mol. The molecule has 0 radical (unpaired) electrons. The summed E-state index contributed by atoms with van der Waals surface area (Å²) in [4.78, 5) is 35.1. The predicted octanol–water partition coefficient (Wildman–Crippen LogP) is 8.66. The first-order valence-corrected chi connectivity index (χ1v) is 16.9. The van der Waals surface area contributed by atoms with Gasteiger partial charge in [0, 0.05) is 11.1 Å². The van der Waals surface area contributed by atoms with E-state index in [4.69, 9.17) is 35.4 Å². The van der Waals surface area contributed by atoms with E-state index in [0.29, 0.717) is 34.1 Å². The number of carbonyl (C=O) groups is 2. The molecule has 2 heterocycles. The molecule has 0 amide bonds. The van der Waals surface area contributed by atoms with E-state index in [1.54, 1.807) is 26.0 Å². The zero-order valence-electron chi connectivity index (χ0n) is 29.1. The highest BCUT2D eigenvalue weighted by molar-refractivity contribution is 7.20. The first-order valence-electron chi connectivity index (χ1n) is 16.1. The number of hydrogen-bond acceptors (Lipinski definition) is 10. The van der Waals surface area contributed by atoms with Crippen molar-refractivity contribution >= 4 is 44.9 Å². The quantitative estimate of drug-likeness (QED) is 0.167. The number of ether oxygens (including phenoxy) is 4. The number of nitrogens with zero attached hydrogens (tertiary/aromatic N) is 2. The Morgan fingerprint density at radius 3 is 1.61 bits per heavy atom. The fourth-order valence-corrected chi connectivity index (χ4v) is 6.06. The van der Waals surface area contributed by atoms with E-state index in [0.717, 1.165) is 16.9 Å². The topological polar surface area (TPSA) is 148 Å². The maximum Gasteiger partial charge on any atom is 0.342 e. The molecule has 1 aliphatic rings. The summed E-state index contributed by atoms with van der Waals surface area (Å²) in [6, 6.07) is 19.3. The van der Waals surface area contributed by atoms with Gasteiger partial charge >= 0.3 is 11.9 Å². The fraction of sp³-hybridized carbons (Fsp3) is 0.316. The van der Waals surface area contributed by atoms with Crippen LogP contribution in [0.4, 0.5) is 10.0 Å². The molecule has 0 fully saturated rings. The summed E-state index contributed by atoms with van der Waals surface area (Å²) in [6.45, 7) is 16.4. The standard InChI is InChI=1S/C38H42N4O6S/c1-9-45-35(43)29-30(36(44)46-10-2)34(49-32(29)40)42-33-26-20-28(48-24-17-13-22(14-18-24)38(6,7)8)27(19-25(26)31(39)41-33)47-23-15-11-21(12-16-23)37(3,4)5/h11-20H,9-10,40H2,1-8H3,(H2,39,41,42). The lowest BCUT2D eigenvalue weighted by Crippen LogP contribution is -2.13. The smallest absolute Gasteiger partial charge is 0.342 e. The number of hydrogen-bond donors (Lipinski definition) is 2. The highest BCUT2D eigenvalue weighted by Gasteiger charge is 2.31. The lowest BCUT2D eigenvalue weighted by Gasteiger charge is -2.20. The molecule has 11 heteroatoms. The molecule has 0 aliphatic carbocycles. The molecule has 5 rings (SSSR count). The number of fused-ring (bicyclic) bond motifs is 1. The van der Waals surface area contributed by atoms with Gasteiger partial charge in [0.15, 0.2) is 17.3 Å². The van der Waals surface area contributed by atoms with E-state index >= 15 is 0 Å². The Morgan fingerprint density at radius 1 is 0.714 bits per heavy atom. The van der Waals surface area contributed by atoms with Crippen LogP contribution >= 0.6 is 11.3 Å². The molecule has 256 valence electrons. The summed E-state index contributed by atoms with van der Waals surface area (Å²) in [5.41, 5.74) is 15.9. The van der Waals surface area contributed by atoms with Gasteiger partial charge in [-0.3, -0.25) is 0 Å². The molecule has 3 aromatic carbocycles. The number of nitrogens with two attached hydrogens (primary N) is 2. The Balaban J connectivity index is 1.62. The maximum atomic E-state index is 13.1. The minimum atomic E-state index is -0.753. The Kier molecular flexibility index (Phi) is 9.87. The summed E-state index contributed by atoms with van der Waals surface area (Å²) in [5, 5.41) is 0.206. The molecule has 10 nitrogen and oxygen atoms in total. The third kappa shape index (κ3) is 7.62. The second-order valence-electron chi connectivity index (χ2n) is 13.5. The number of aliphatic imine (C=N–C) groups is 2. The van der Waals surface area contributed by atoms with Crippen molar-refractivity contribution in [3.05, 3.63) is 94.0 Å². The number of anilines is 1. The molecule has 0 bridgehead atoms. The van der Waals surface area contributed by atoms with Gasteiger partial charge in [-0.15, -0.1) is 0 Å². The number of nitrogen functional groups attached to an aromatic ring is 1. The number of thiophene rings is 1. The van der Waals surface area contributed by atoms with Gasteiger partial charge in [0.25, 0.3) is 0 Å². The summed E-state index contributed by atoms with van der Waals surface area (Å²) < 4.78 is 23.3. The van der Waals surface area contributed by atoms with Crippen LogP contribution in [0, 0.1) is 0 Å². The number of rotatable bonds is 9. The number of carbonyl (C=O) groups excluding carboxylic acids is 2. The van der Waals surface area contributed by atoms with Gasteiger partial charge in [0.05, 0.1) is 13.2 Å². The summed E-state index contributed by atoms with van der Waals surface area (Å²) >= 11 is 0.952. The summed E-state index contributed by atoms with van der Waals surface area (Å²) in [5.74, 6) is 0.910. The van der Waals surface area contributed by atoms with Gasteiger partial charge in [-0.05, 0) is 72.2 Å². The Morgan fingerprint density at radius 2 is 1.16 bits per heavy atom. The Labute approximate surface area is 290 Å². The van der Waals surface area contributed by atoms with Crippen molar-refractivity contribution in [2.24, 2.45) is 15.7 Å². The first-order chi connectivity index (χ1) is 23.1. The van der Waals surface area contributed by atoms with E-state index in [2.05, 4.69) is 46.5 Å². The highest BCUT2D eigenvalue weighted by atomic mass is 32.1. The average Bonchev–Trinajstić information content (AvgIpc) is 3.51. The summed E-state index contributed by atoms with van der Waals surface area (Å²) in [6.07, 6.45) is 0. The zero-order chi connectivity index (χ0) is 35.7. The van der Waals surface area contributed by atoms with E-state index in [1.807, 2.05) is 48.5 Å². The van der Waals surface area contributed by atoms with Crippen molar-refractivity contribution in [1.82, 2.24) is 0 Å². The van der Waals surface area contributed by atoms with Crippen molar-refractivity contribution in [2.75, 3.05) is 18.9 Å². The van der Waals surface area contributed by atoms with Crippen molar-refractivity contribution in [2.45, 2.75) is 66.2 Å². The second kappa shape index (κ2) is 13.8. The molecule has 0 saturated carbocycles. The van der Waals surface area contributed by atoms with Gasteiger partial charge in [-0.2, -0.15) is 0 Å². The SMILES string of the molecule is CCOC(=O)c1c(N)sc(/N=C2\N=C(N)c3cc(Oc4ccc(C(C)(C)C)cc4)c(Oc4ccc(C(C)(C)C)cc4)cc32)c1C(=O)OCC. The minimum absolute atomic E-state index is 0.0162. The normalized spacial score (nSPS) is 13.6. The molecule has 1 aliphatic heterocycles. The van der Waals surface area contributed by atoms with Crippen molar-refractivity contribution in [3.63, 3.8) is 0 Å². The highest BCUT2D eigenvalue weighted by Crippen LogP contribution is 2.43. The van der Waals surface area contributed by atoms with E-state index in [9.17, 15) is 9.59 Å². The number of esters is 2. The largest absolute Gasteiger partial charge is 0.462 e. The van der Waals surface area contributed by atoms with Gasteiger partial charge in [0.1, 0.15) is 38.5 Å². The molecule has 0 spiro atoms. The molecule has 0 atom stereocenters.